The lowest BCUT2D eigenvalue weighted by Gasteiger charge is -2.24. The molecule has 0 aliphatic carbocycles. The number of hydrogen-bond donors (Lipinski definition) is 1. The highest BCUT2D eigenvalue weighted by Crippen LogP contribution is 2.33. The summed E-state index contributed by atoms with van der Waals surface area (Å²) in [7, 11) is 0. The average Bonchev–Trinajstić information content (AvgIpc) is 3.52. The molecule has 37 heavy (non-hydrogen) atoms. The van der Waals surface area contributed by atoms with Crippen molar-refractivity contribution in [1.82, 2.24) is 24.6 Å². The number of likely N-dealkylation sites (tertiary alicyclic amines) is 1. The second-order valence-electron chi connectivity index (χ2n) is 8.55. The summed E-state index contributed by atoms with van der Waals surface area (Å²) in [5.74, 6) is -2.14. The molecule has 0 spiro atoms. The van der Waals surface area contributed by atoms with Gasteiger partial charge in [-0.05, 0) is 49.2 Å². The molecule has 2 aromatic heterocycles. The number of carbonyl (C=O) groups is 1. The van der Waals surface area contributed by atoms with Gasteiger partial charge in [-0.25, -0.2) is 19.0 Å². The molecule has 9 nitrogen and oxygen atoms in total. The number of nitrogens with zero attached hydrogens (tertiary/aromatic N) is 6. The van der Waals surface area contributed by atoms with Crippen molar-refractivity contribution in [1.29, 1.82) is 5.26 Å². The molecular formula is C26H21F2N7O2. The predicted molar refractivity (Wildman–Crippen MR) is 131 cm³/mol. The molecule has 0 radical (unpaired) electrons. The predicted octanol–water partition coefficient (Wildman–Crippen LogP) is 4.22. The maximum atomic E-state index is 14.0. The summed E-state index contributed by atoms with van der Waals surface area (Å²) in [6.45, 7) is 4.42. The molecule has 0 unspecified atom stereocenters. The maximum absolute atomic E-state index is 14.0. The monoisotopic (exact) mass is 501 g/mol. The number of anilines is 1. The van der Waals surface area contributed by atoms with Gasteiger partial charge < -0.3 is 15.4 Å². The number of carbonyl (C=O) groups excluding carboxylic acids is 1. The number of hydrogen-bond acceptors (Lipinski definition) is 7. The van der Waals surface area contributed by atoms with Crippen LogP contribution in [0.1, 0.15) is 12.8 Å². The molecule has 1 aliphatic rings. The van der Waals surface area contributed by atoms with E-state index in [9.17, 15) is 13.6 Å². The number of aromatic nitrogens is 4. The number of nitrogen functional groups attached to an aromatic ring is 1. The minimum absolute atomic E-state index is 0.107. The van der Waals surface area contributed by atoms with E-state index in [1.807, 2.05) is 6.07 Å². The summed E-state index contributed by atoms with van der Waals surface area (Å²) in [5.41, 5.74) is 7.79. The third kappa shape index (κ3) is 4.45. The summed E-state index contributed by atoms with van der Waals surface area (Å²) in [4.78, 5) is 22.7. The van der Waals surface area contributed by atoms with Gasteiger partial charge in [0.25, 0.3) is 5.91 Å². The van der Waals surface area contributed by atoms with Crippen molar-refractivity contribution in [3.63, 3.8) is 0 Å². The lowest BCUT2D eigenvalue weighted by atomic mass is 10.1. The van der Waals surface area contributed by atoms with Gasteiger partial charge in [0.1, 0.15) is 35.2 Å². The van der Waals surface area contributed by atoms with Crippen LogP contribution in [0.4, 0.5) is 14.6 Å². The van der Waals surface area contributed by atoms with Gasteiger partial charge in [-0.15, -0.1) is 0 Å². The highest BCUT2D eigenvalue weighted by Gasteiger charge is 2.31. The van der Waals surface area contributed by atoms with Crippen LogP contribution < -0.4 is 10.5 Å². The molecule has 4 aromatic rings. The van der Waals surface area contributed by atoms with Crippen molar-refractivity contribution in [2.24, 2.45) is 0 Å². The number of fused-ring (bicyclic) bond motifs is 1. The molecule has 0 saturated carbocycles. The second-order valence-corrected chi connectivity index (χ2v) is 8.55. The molecular weight excluding hydrogens is 480 g/mol. The SMILES string of the molecule is C=C(C#N)C(=O)N1CCC[C@@H]1Cn1nc(-c2ccc(Oc3cccc(F)c3F)cc2)c2c(N)ncnc21. The second kappa shape index (κ2) is 9.66. The summed E-state index contributed by atoms with van der Waals surface area (Å²) >= 11 is 0. The van der Waals surface area contributed by atoms with E-state index >= 15 is 0 Å². The van der Waals surface area contributed by atoms with Crippen molar-refractivity contribution in [2.75, 3.05) is 12.3 Å². The summed E-state index contributed by atoms with van der Waals surface area (Å²) in [6.07, 6.45) is 2.88. The Bertz CT molecular complexity index is 1560. The summed E-state index contributed by atoms with van der Waals surface area (Å²) in [6, 6.07) is 12.0. The fourth-order valence-corrected chi connectivity index (χ4v) is 4.44. The van der Waals surface area contributed by atoms with Crippen LogP contribution in [0.25, 0.3) is 22.3 Å². The number of nitriles is 1. The van der Waals surface area contributed by atoms with Crippen molar-refractivity contribution >= 4 is 22.8 Å². The first-order chi connectivity index (χ1) is 17.9. The van der Waals surface area contributed by atoms with Crippen LogP contribution in [0, 0.1) is 23.0 Å². The quantitative estimate of drug-likeness (QED) is 0.310. The third-order valence-corrected chi connectivity index (χ3v) is 6.25. The van der Waals surface area contributed by atoms with Crippen LogP contribution in [0.2, 0.25) is 0 Å². The number of nitrogens with two attached hydrogens (primary N) is 1. The van der Waals surface area contributed by atoms with E-state index < -0.39 is 11.6 Å². The molecule has 1 fully saturated rings. The summed E-state index contributed by atoms with van der Waals surface area (Å²) in [5, 5.41) is 14.4. The van der Waals surface area contributed by atoms with E-state index in [0.717, 1.165) is 18.9 Å². The zero-order chi connectivity index (χ0) is 26.1. The minimum Gasteiger partial charge on any atom is -0.454 e. The van der Waals surface area contributed by atoms with Crippen LogP contribution in [-0.4, -0.2) is 43.1 Å². The number of halogens is 2. The van der Waals surface area contributed by atoms with Gasteiger partial charge in [-0.1, -0.05) is 12.6 Å². The Hall–Kier alpha value is -4.85. The van der Waals surface area contributed by atoms with Crippen molar-refractivity contribution in [3.05, 3.63) is 72.6 Å². The molecule has 186 valence electrons. The fraction of sp³-hybridized carbons (Fsp3) is 0.192. The van der Waals surface area contributed by atoms with Gasteiger partial charge in [-0.3, -0.25) is 4.79 Å². The minimum atomic E-state index is -1.07. The van der Waals surface area contributed by atoms with Crippen molar-refractivity contribution in [3.8, 4) is 28.8 Å². The largest absolute Gasteiger partial charge is 0.454 e. The normalized spacial score (nSPS) is 15.1. The van der Waals surface area contributed by atoms with E-state index in [1.54, 1.807) is 33.8 Å². The Labute approximate surface area is 210 Å². The van der Waals surface area contributed by atoms with Gasteiger partial charge in [0.2, 0.25) is 5.82 Å². The zero-order valence-corrected chi connectivity index (χ0v) is 19.6. The molecule has 1 amide bonds. The van der Waals surface area contributed by atoms with Crippen molar-refractivity contribution < 1.29 is 18.3 Å². The number of benzene rings is 2. The standard InChI is InChI=1S/C26H21F2N7O2/c1-15(12-29)26(36)34-11-3-4-17(34)13-35-25-21(24(30)31-14-32-25)23(33-35)16-7-9-18(10-8-16)37-20-6-2-5-19(27)22(20)28/h2,5-10,14,17H,1,3-4,11,13H2,(H2,30,31,32)/t17-/m1/s1. The Morgan fingerprint density at radius 2 is 2.00 bits per heavy atom. The lowest BCUT2D eigenvalue weighted by Crippen LogP contribution is -2.38. The van der Waals surface area contributed by atoms with Gasteiger partial charge in [0.15, 0.2) is 17.2 Å². The van der Waals surface area contributed by atoms with Crippen LogP contribution in [0.5, 0.6) is 11.5 Å². The Balaban J connectivity index is 1.46. The van der Waals surface area contributed by atoms with Crippen molar-refractivity contribution in [2.45, 2.75) is 25.4 Å². The van der Waals surface area contributed by atoms with E-state index in [1.165, 1.54) is 18.5 Å². The van der Waals surface area contributed by atoms with E-state index in [0.29, 0.717) is 41.1 Å². The molecule has 5 rings (SSSR count). The zero-order valence-electron chi connectivity index (χ0n) is 19.6. The highest BCUT2D eigenvalue weighted by atomic mass is 19.2. The van der Waals surface area contributed by atoms with Gasteiger partial charge >= 0.3 is 0 Å². The van der Waals surface area contributed by atoms with Gasteiger partial charge in [0.05, 0.1) is 18.0 Å². The lowest BCUT2D eigenvalue weighted by molar-refractivity contribution is -0.127. The van der Waals surface area contributed by atoms with Gasteiger partial charge in [0, 0.05) is 12.1 Å². The summed E-state index contributed by atoms with van der Waals surface area (Å²) < 4.78 is 34.6. The Morgan fingerprint density at radius 3 is 2.76 bits per heavy atom. The van der Waals surface area contributed by atoms with E-state index in [2.05, 4.69) is 16.5 Å². The Kier molecular flexibility index (Phi) is 6.23. The molecule has 1 aliphatic heterocycles. The molecule has 2 aromatic carbocycles. The first-order valence-corrected chi connectivity index (χ1v) is 11.5. The third-order valence-electron chi connectivity index (χ3n) is 6.25. The van der Waals surface area contributed by atoms with Crippen LogP contribution in [0.3, 0.4) is 0 Å². The Morgan fingerprint density at radius 1 is 1.22 bits per heavy atom. The molecule has 1 atom stereocenters. The first kappa shape index (κ1) is 23.9. The first-order valence-electron chi connectivity index (χ1n) is 11.5. The molecule has 1 saturated heterocycles. The van der Waals surface area contributed by atoms with Crippen LogP contribution >= 0.6 is 0 Å². The smallest absolute Gasteiger partial charge is 0.264 e. The number of ether oxygens (including phenoxy) is 1. The number of rotatable bonds is 6. The highest BCUT2D eigenvalue weighted by molar-refractivity contribution is 5.98. The molecule has 3 heterocycles. The average molecular weight is 501 g/mol. The topological polar surface area (TPSA) is 123 Å². The van der Waals surface area contributed by atoms with Crippen LogP contribution in [0.15, 0.2) is 60.9 Å². The maximum Gasteiger partial charge on any atom is 0.264 e. The molecule has 0 bridgehead atoms. The van der Waals surface area contributed by atoms with Gasteiger partial charge in [-0.2, -0.15) is 14.8 Å². The van der Waals surface area contributed by atoms with E-state index in [-0.39, 0.29) is 29.1 Å². The fourth-order valence-electron chi connectivity index (χ4n) is 4.44. The molecule has 2 N–H and O–H groups in total. The van der Waals surface area contributed by atoms with Crippen LogP contribution in [-0.2, 0) is 11.3 Å². The molecule has 11 heteroatoms. The number of amides is 1. The van der Waals surface area contributed by atoms with E-state index in [4.69, 9.17) is 20.8 Å².